The molecule has 2 aromatic carbocycles. The lowest BCUT2D eigenvalue weighted by Crippen LogP contribution is -2.27. The van der Waals surface area contributed by atoms with Crippen LogP contribution in [0.4, 0.5) is 0 Å². The fourth-order valence-electron chi connectivity index (χ4n) is 2.55. The summed E-state index contributed by atoms with van der Waals surface area (Å²) in [5, 5.41) is 3.59. The van der Waals surface area contributed by atoms with Crippen molar-refractivity contribution in [2.24, 2.45) is 4.99 Å². The van der Waals surface area contributed by atoms with E-state index in [1.165, 1.54) is 16.7 Å². The zero-order valence-corrected chi connectivity index (χ0v) is 12.4. The van der Waals surface area contributed by atoms with Crippen molar-refractivity contribution in [1.29, 1.82) is 0 Å². The largest absolute Gasteiger partial charge is 0.363 e. The molecule has 0 aliphatic carbocycles. The third-order valence-corrected chi connectivity index (χ3v) is 3.59. The highest BCUT2D eigenvalue weighted by Gasteiger charge is 2.20. The van der Waals surface area contributed by atoms with Gasteiger partial charge in [-0.3, -0.25) is 4.99 Å². The summed E-state index contributed by atoms with van der Waals surface area (Å²) in [6, 6.07) is 19.4. The first-order valence-corrected chi connectivity index (χ1v) is 6.81. The molecule has 2 aromatic rings. The van der Waals surface area contributed by atoms with Gasteiger partial charge in [0, 0.05) is 6.42 Å². The van der Waals surface area contributed by atoms with Gasteiger partial charge in [0.2, 0.25) is 0 Å². The van der Waals surface area contributed by atoms with Crippen LogP contribution in [0.2, 0.25) is 0 Å². The third-order valence-electron chi connectivity index (χ3n) is 3.59. The van der Waals surface area contributed by atoms with Gasteiger partial charge in [-0.05, 0) is 16.7 Å². The van der Waals surface area contributed by atoms with Crippen LogP contribution >= 0.6 is 12.4 Å². The fourth-order valence-corrected chi connectivity index (χ4v) is 2.55. The quantitative estimate of drug-likeness (QED) is 0.883. The summed E-state index contributed by atoms with van der Waals surface area (Å²) in [7, 11) is 0. The Morgan fingerprint density at radius 2 is 1.75 bits per heavy atom. The monoisotopic (exact) mass is 286 g/mol. The minimum absolute atomic E-state index is 0. The molecule has 2 nitrogen and oxygen atoms in total. The van der Waals surface area contributed by atoms with Gasteiger partial charge in [-0.2, -0.15) is 0 Å². The maximum absolute atomic E-state index is 4.66. The van der Waals surface area contributed by atoms with Gasteiger partial charge in [0.25, 0.3) is 0 Å². The molecule has 104 valence electrons. The van der Waals surface area contributed by atoms with Crippen molar-refractivity contribution < 1.29 is 0 Å². The van der Waals surface area contributed by atoms with E-state index in [9.17, 15) is 0 Å². The fraction of sp³-hybridized carbons (Fsp3) is 0.235. The molecular weight excluding hydrogens is 268 g/mol. The molecule has 0 bridgehead atoms. The van der Waals surface area contributed by atoms with Crippen LogP contribution in [0.3, 0.4) is 0 Å². The Kier molecular flexibility index (Phi) is 4.80. The van der Waals surface area contributed by atoms with E-state index >= 15 is 0 Å². The number of nitrogens with zero attached hydrogens (tertiary/aromatic N) is 1. The summed E-state index contributed by atoms with van der Waals surface area (Å²) in [6.45, 7) is 2.92. The van der Waals surface area contributed by atoms with Crippen molar-refractivity contribution in [2.75, 3.05) is 0 Å². The second-order valence-electron chi connectivity index (χ2n) is 4.80. The number of hydrogen-bond acceptors (Lipinski definition) is 2. The first-order chi connectivity index (χ1) is 9.38. The number of fused-ring (bicyclic) bond motifs is 1. The molecule has 3 rings (SSSR count). The minimum Gasteiger partial charge on any atom is -0.363 e. The molecule has 0 saturated carbocycles. The molecule has 1 aliphatic rings. The predicted octanol–water partition coefficient (Wildman–Crippen LogP) is 4.11. The molecule has 1 atom stereocenters. The molecule has 1 aliphatic heterocycles. The molecule has 1 heterocycles. The van der Waals surface area contributed by atoms with Gasteiger partial charge in [0.05, 0.1) is 18.4 Å². The summed E-state index contributed by atoms with van der Waals surface area (Å²) >= 11 is 0. The second kappa shape index (κ2) is 6.58. The number of rotatable bonds is 2. The van der Waals surface area contributed by atoms with Gasteiger partial charge in [-0.25, -0.2) is 0 Å². The Bertz CT molecular complexity index is 593. The number of amidine groups is 1. The molecule has 0 spiro atoms. The highest BCUT2D eigenvalue weighted by atomic mass is 35.5. The average molecular weight is 287 g/mol. The summed E-state index contributed by atoms with van der Waals surface area (Å²) < 4.78 is 0. The minimum atomic E-state index is 0. The molecule has 0 aromatic heterocycles. The van der Waals surface area contributed by atoms with Crippen LogP contribution in [-0.2, 0) is 6.54 Å². The van der Waals surface area contributed by atoms with Gasteiger partial charge in [0.1, 0.15) is 0 Å². The summed E-state index contributed by atoms with van der Waals surface area (Å²) in [5.41, 5.74) is 3.94. The highest BCUT2D eigenvalue weighted by molar-refractivity contribution is 5.85. The maximum Gasteiger partial charge on any atom is 0.0971 e. The molecule has 0 saturated heterocycles. The Hall–Kier alpha value is -1.80. The number of aliphatic imine (C=N–C) groups is 1. The Labute approximate surface area is 126 Å². The molecule has 1 unspecified atom stereocenters. The molecule has 0 radical (unpaired) electrons. The lowest BCUT2D eigenvalue weighted by atomic mass is 9.95. The third kappa shape index (κ3) is 2.86. The second-order valence-corrected chi connectivity index (χ2v) is 4.80. The van der Waals surface area contributed by atoms with Crippen molar-refractivity contribution in [2.45, 2.75) is 25.9 Å². The van der Waals surface area contributed by atoms with E-state index in [4.69, 9.17) is 0 Å². The summed E-state index contributed by atoms with van der Waals surface area (Å²) in [5.74, 6) is 1.09. The first-order valence-electron chi connectivity index (χ1n) is 6.81. The van der Waals surface area contributed by atoms with Gasteiger partial charge >= 0.3 is 0 Å². The zero-order valence-electron chi connectivity index (χ0n) is 11.5. The van der Waals surface area contributed by atoms with Crippen molar-refractivity contribution in [3.8, 4) is 0 Å². The van der Waals surface area contributed by atoms with E-state index in [-0.39, 0.29) is 18.4 Å². The first kappa shape index (κ1) is 14.6. The van der Waals surface area contributed by atoms with E-state index in [0.29, 0.717) is 0 Å². The topological polar surface area (TPSA) is 24.4 Å². The molecule has 0 amide bonds. The van der Waals surface area contributed by atoms with Gasteiger partial charge < -0.3 is 5.32 Å². The summed E-state index contributed by atoms with van der Waals surface area (Å²) in [6.07, 6.45) is 0.942. The molecule has 3 heteroatoms. The van der Waals surface area contributed by atoms with Crippen molar-refractivity contribution in [3.05, 3.63) is 71.3 Å². The van der Waals surface area contributed by atoms with Crippen LogP contribution in [0.15, 0.2) is 59.6 Å². The van der Waals surface area contributed by atoms with E-state index in [1.54, 1.807) is 0 Å². The lowest BCUT2D eigenvalue weighted by molar-refractivity contribution is 0.754. The molecule has 1 N–H and O–H groups in total. The van der Waals surface area contributed by atoms with E-state index < -0.39 is 0 Å². The average Bonchev–Trinajstić information content (AvgIpc) is 2.68. The Balaban J connectivity index is 0.00000147. The smallest absolute Gasteiger partial charge is 0.0971 e. The van der Waals surface area contributed by atoms with E-state index in [1.807, 2.05) is 0 Å². The van der Waals surface area contributed by atoms with E-state index in [2.05, 4.69) is 71.8 Å². The van der Waals surface area contributed by atoms with Crippen LogP contribution in [0.25, 0.3) is 0 Å². The maximum atomic E-state index is 4.66. The summed E-state index contributed by atoms with van der Waals surface area (Å²) in [4.78, 5) is 4.66. The molecular formula is C17H19ClN2. The van der Waals surface area contributed by atoms with Gasteiger partial charge in [0.15, 0.2) is 0 Å². The number of nitrogens with one attached hydrogen (secondary N) is 1. The van der Waals surface area contributed by atoms with Crippen LogP contribution < -0.4 is 5.32 Å². The number of hydrogen-bond donors (Lipinski definition) is 1. The number of halogens is 1. The SMILES string of the molecule is CCC1=NCc2ccccc2C(c2ccccc2)N1.Cl. The standard InChI is InChI=1S/C17H18N2.ClH/c1-2-16-18-12-14-10-6-7-11-15(14)17(19-16)13-8-4-3-5-9-13;/h3-11,17H,2,12H2,1H3,(H,18,19);1H. The predicted molar refractivity (Wildman–Crippen MR) is 86.5 cm³/mol. The molecule has 0 fully saturated rings. The highest BCUT2D eigenvalue weighted by Crippen LogP contribution is 2.27. The van der Waals surface area contributed by atoms with Crippen molar-refractivity contribution in [3.63, 3.8) is 0 Å². The van der Waals surface area contributed by atoms with Crippen molar-refractivity contribution >= 4 is 18.2 Å². The van der Waals surface area contributed by atoms with Gasteiger partial charge in [-0.15, -0.1) is 12.4 Å². The Morgan fingerprint density at radius 1 is 1.05 bits per heavy atom. The lowest BCUT2D eigenvalue weighted by Gasteiger charge is -2.21. The van der Waals surface area contributed by atoms with Crippen LogP contribution in [0.1, 0.15) is 36.1 Å². The molecule has 20 heavy (non-hydrogen) atoms. The zero-order chi connectivity index (χ0) is 13.1. The van der Waals surface area contributed by atoms with E-state index in [0.717, 1.165) is 18.8 Å². The Morgan fingerprint density at radius 3 is 2.50 bits per heavy atom. The van der Waals surface area contributed by atoms with Crippen LogP contribution in [0.5, 0.6) is 0 Å². The number of benzene rings is 2. The van der Waals surface area contributed by atoms with Crippen LogP contribution in [-0.4, -0.2) is 5.84 Å². The van der Waals surface area contributed by atoms with Gasteiger partial charge in [-0.1, -0.05) is 61.5 Å². The van der Waals surface area contributed by atoms with Crippen LogP contribution in [0, 0.1) is 0 Å². The normalized spacial score (nSPS) is 17.1. The van der Waals surface area contributed by atoms with Crippen molar-refractivity contribution in [1.82, 2.24) is 5.32 Å².